The van der Waals surface area contributed by atoms with E-state index in [0.29, 0.717) is 17.6 Å². The number of aryl methyl sites for hydroxylation is 1. The number of hydrogen-bond donors (Lipinski definition) is 1. The molecule has 0 saturated carbocycles. The number of nitrogens with zero attached hydrogens (tertiary/aromatic N) is 3. The molecule has 0 radical (unpaired) electrons. The highest BCUT2D eigenvalue weighted by Crippen LogP contribution is 2.42. The van der Waals surface area contributed by atoms with Crippen molar-refractivity contribution >= 4 is 0 Å². The SMILES string of the molecule is Cc1noc(C2C[N+]3(O)CCC2C3)n1. The molecule has 2 bridgehead atoms. The van der Waals surface area contributed by atoms with Gasteiger partial charge in [0.25, 0.3) is 0 Å². The van der Waals surface area contributed by atoms with E-state index < -0.39 is 0 Å². The number of fused-ring (bicyclic) bond motifs is 2. The van der Waals surface area contributed by atoms with Crippen LogP contribution < -0.4 is 0 Å². The lowest BCUT2D eigenvalue weighted by Crippen LogP contribution is -2.41. The minimum Gasteiger partial charge on any atom is -0.339 e. The van der Waals surface area contributed by atoms with Gasteiger partial charge in [-0.05, 0) is 6.92 Å². The van der Waals surface area contributed by atoms with Gasteiger partial charge in [-0.3, -0.25) is 0 Å². The van der Waals surface area contributed by atoms with Crippen molar-refractivity contribution in [1.29, 1.82) is 0 Å². The molecule has 2 aliphatic heterocycles. The van der Waals surface area contributed by atoms with Gasteiger partial charge in [-0.1, -0.05) is 5.16 Å². The predicted molar refractivity (Wildman–Crippen MR) is 46.5 cm³/mol. The van der Waals surface area contributed by atoms with Crippen LogP contribution in [0.15, 0.2) is 4.52 Å². The molecule has 1 N–H and O–H groups in total. The summed E-state index contributed by atoms with van der Waals surface area (Å²) in [5.74, 6) is 2.19. The van der Waals surface area contributed by atoms with E-state index >= 15 is 0 Å². The van der Waals surface area contributed by atoms with Gasteiger partial charge in [-0.15, -0.1) is 0 Å². The van der Waals surface area contributed by atoms with Crippen LogP contribution in [0.3, 0.4) is 0 Å². The molecule has 3 rings (SSSR count). The van der Waals surface area contributed by atoms with Crippen LogP contribution in [0.25, 0.3) is 0 Å². The molecular weight excluding hydrogens is 182 g/mol. The highest BCUT2D eigenvalue weighted by Gasteiger charge is 2.53. The number of piperidine rings is 1. The monoisotopic (exact) mass is 196 g/mol. The second-order valence-electron chi connectivity index (χ2n) is 4.52. The second-order valence-corrected chi connectivity index (χ2v) is 4.52. The number of rotatable bonds is 1. The largest absolute Gasteiger partial charge is 0.339 e. The zero-order valence-corrected chi connectivity index (χ0v) is 8.18. The summed E-state index contributed by atoms with van der Waals surface area (Å²) in [7, 11) is 0. The molecule has 2 saturated heterocycles. The fraction of sp³-hybridized carbons (Fsp3) is 0.778. The lowest BCUT2D eigenvalue weighted by atomic mass is 9.92. The standard InChI is InChI=1S/C9H14N3O2/c1-6-10-9(14-11-6)8-5-12(13)3-2-7(8)4-12/h7-8,13H,2-5H2,1H3/q+1. The summed E-state index contributed by atoms with van der Waals surface area (Å²) in [5, 5.41) is 13.8. The van der Waals surface area contributed by atoms with Gasteiger partial charge in [0.2, 0.25) is 5.89 Å². The zero-order chi connectivity index (χ0) is 9.76. The van der Waals surface area contributed by atoms with Gasteiger partial charge in [0.15, 0.2) is 5.82 Å². The second kappa shape index (κ2) is 2.55. The predicted octanol–water partition coefficient (Wildman–Crippen LogP) is 0.701. The highest BCUT2D eigenvalue weighted by molar-refractivity contribution is 5.00. The van der Waals surface area contributed by atoms with E-state index in [1.807, 2.05) is 6.92 Å². The van der Waals surface area contributed by atoms with Gasteiger partial charge in [0.1, 0.15) is 19.6 Å². The van der Waals surface area contributed by atoms with Gasteiger partial charge in [-0.25, -0.2) is 5.21 Å². The Kier molecular flexibility index (Phi) is 1.52. The molecule has 0 amide bonds. The van der Waals surface area contributed by atoms with Gasteiger partial charge >= 0.3 is 0 Å². The van der Waals surface area contributed by atoms with Gasteiger partial charge < -0.3 is 4.52 Å². The molecule has 3 unspecified atom stereocenters. The zero-order valence-electron chi connectivity index (χ0n) is 8.18. The molecule has 0 aromatic carbocycles. The van der Waals surface area contributed by atoms with E-state index in [2.05, 4.69) is 10.1 Å². The van der Waals surface area contributed by atoms with Crippen molar-refractivity contribution in [2.24, 2.45) is 5.92 Å². The van der Waals surface area contributed by atoms with E-state index in [1.54, 1.807) is 0 Å². The number of aromatic nitrogens is 2. The van der Waals surface area contributed by atoms with Crippen molar-refractivity contribution in [3.05, 3.63) is 11.7 Å². The Morgan fingerprint density at radius 2 is 2.36 bits per heavy atom. The minimum absolute atomic E-state index is 0.205. The molecule has 3 atom stereocenters. The Morgan fingerprint density at radius 1 is 1.50 bits per heavy atom. The Hall–Kier alpha value is -0.940. The molecule has 1 aromatic heterocycles. The van der Waals surface area contributed by atoms with Crippen molar-refractivity contribution in [2.45, 2.75) is 19.3 Å². The van der Waals surface area contributed by atoms with Crippen molar-refractivity contribution in [1.82, 2.24) is 10.1 Å². The third kappa shape index (κ3) is 1.09. The summed E-state index contributed by atoms with van der Waals surface area (Å²) < 4.78 is 5.37. The first kappa shape index (κ1) is 8.38. The van der Waals surface area contributed by atoms with E-state index in [9.17, 15) is 5.21 Å². The molecule has 0 spiro atoms. The number of hydroxylamine groups is 3. The quantitative estimate of drug-likeness (QED) is 0.672. The summed E-state index contributed by atoms with van der Waals surface area (Å²) in [4.78, 5) is 4.24. The molecule has 0 aliphatic carbocycles. The first-order chi connectivity index (χ1) is 6.66. The molecular formula is C9H14N3O2+. The smallest absolute Gasteiger partial charge is 0.236 e. The average molecular weight is 196 g/mol. The van der Waals surface area contributed by atoms with Crippen molar-refractivity contribution < 1.29 is 14.4 Å². The lowest BCUT2D eigenvalue weighted by molar-refractivity contribution is -1.09. The van der Waals surface area contributed by atoms with Gasteiger partial charge in [0.05, 0.1) is 5.92 Å². The molecule has 2 aliphatic rings. The maximum atomic E-state index is 10.0. The van der Waals surface area contributed by atoms with Crippen LogP contribution in [0.5, 0.6) is 0 Å². The molecule has 3 heterocycles. The van der Waals surface area contributed by atoms with Crippen molar-refractivity contribution in [3.63, 3.8) is 0 Å². The van der Waals surface area contributed by atoms with Crippen LogP contribution in [-0.4, -0.2) is 39.6 Å². The molecule has 2 fully saturated rings. The van der Waals surface area contributed by atoms with Crippen molar-refractivity contribution in [3.8, 4) is 0 Å². The summed E-state index contributed by atoms with van der Waals surface area (Å²) in [6.45, 7) is 4.30. The number of quaternary nitrogens is 1. The molecule has 5 nitrogen and oxygen atoms in total. The van der Waals surface area contributed by atoms with Crippen LogP contribution in [-0.2, 0) is 0 Å². The molecule has 76 valence electrons. The minimum atomic E-state index is 0.205. The lowest BCUT2D eigenvalue weighted by Gasteiger charge is -2.23. The van der Waals surface area contributed by atoms with Crippen molar-refractivity contribution in [2.75, 3.05) is 19.6 Å². The van der Waals surface area contributed by atoms with Crippen LogP contribution in [0.1, 0.15) is 24.1 Å². The van der Waals surface area contributed by atoms with E-state index in [4.69, 9.17) is 4.52 Å². The molecule has 1 aromatic rings. The summed E-state index contributed by atoms with van der Waals surface area (Å²) in [6.07, 6.45) is 1.07. The molecule has 14 heavy (non-hydrogen) atoms. The maximum Gasteiger partial charge on any atom is 0.236 e. The number of hydrogen-bond acceptors (Lipinski definition) is 4. The van der Waals surface area contributed by atoms with E-state index in [1.165, 1.54) is 0 Å². The summed E-state index contributed by atoms with van der Waals surface area (Å²) in [6, 6.07) is 0. The fourth-order valence-electron chi connectivity index (χ4n) is 2.78. The highest BCUT2D eigenvalue weighted by atomic mass is 16.5. The first-order valence-electron chi connectivity index (χ1n) is 5.05. The fourth-order valence-corrected chi connectivity index (χ4v) is 2.78. The Bertz CT molecular complexity index is 365. The third-order valence-electron chi connectivity index (χ3n) is 3.46. The Balaban J connectivity index is 1.89. The van der Waals surface area contributed by atoms with E-state index in [0.717, 1.165) is 26.1 Å². The van der Waals surface area contributed by atoms with Gasteiger partial charge in [-0.2, -0.15) is 9.63 Å². The third-order valence-corrected chi connectivity index (χ3v) is 3.46. The maximum absolute atomic E-state index is 10.0. The van der Waals surface area contributed by atoms with Crippen LogP contribution >= 0.6 is 0 Å². The average Bonchev–Trinajstić information content (AvgIpc) is 2.76. The first-order valence-corrected chi connectivity index (χ1v) is 5.05. The topological polar surface area (TPSA) is 59.2 Å². The Labute approximate surface area is 81.9 Å². The summed E-state index contributed by atoms with van der Waals surface area (Å²) >= 11 is 0. The summed E-state index contributed by atoms with van der Waals surface area (Å²) in [5.41, 5.74) is 0. The van der Waals surface area contributed by atoms with Gasteiger partial charge in [0, 0.05) is 12.3 Å². The molecule has 5 heteroatoms. The normalized spacial score (nSPS) is 40.7. The Morgan fingerprint density at radius 3 is 2.86 bits per heavy atom. The van der Waals surface area contributed by atoms with Crippen LogP contribution in [0.4, 0.5) is 0 Å². The van der Waals surface area contributed by atoms with Crippen LogP contribution in [0.2, 0.25) is 0 Å². The van der Waals surface area contributed by atoms with E-state index in [-0.39, 0.29) is 10.6 Å². The van der Waals surface area contributed by atoms with Crippen LogP contribution in [0, 0.1) is 12.8 Å².